The standard InChI is InChI=1S/C21H21ClN2O4/c1-13(2)17-12-20(24(23-17)18-8-6-5-7-16(18)22)28-21(25)15-10-9-14(26-3)11-19(15)27-4/h5-13H,1-4H3. The molecule has 0 saturated heterocycles. The number of esters is 1. The summed E-state index contributed by atoms with van der Waals surface area (Å²) in [6.45, 7) is 4.02. The van der Waals surface area contributed by atoms with E-state index in [0.29, 0.717) is 22.2 Å². The van der Waals surface area contributed by atoms with Crippen molar-refractivity contribution in [3.05, 3.63) is 64.8 Å². The van der Waals surface area contributed by atoms with Gasteiger partial charge in [0.25, 0.3) is 0 Å². The van der Waals surface area contributed by atoms with Gasteiger partial charge in [-0.15, -0.1) is 0 Å². The van der Waals surface area contributed by atoms with Gasteiger partial charge in [0.1, 0.15) is 17.1 Å². The molecule has 0 amide bonds. The quantitative estimate of drug-likeness (QED) is 0.551. The summed E-state index contributed by atoms with van der Waals surface area (Å²) in [7, 11) is 3.03. The Morgan fingerprint density at radius 3 is 2.46 bits per heavy atom. The summed E-state index contributed by atoms with van der Waals surface area (Å²) < 4.78 is 17.7. The maximum atomic E-state index is 12.8. The Bertz CT molecular complexity index is 998. The lowest BCUT2D eigenvalue weighted by Crippen LogP contribution is -2.13. The highest BCUT2D eigenvalue weighted by molar-refractivity contribution is 6.32. The Labute approximate surface area is 168 Å². The minimum atomic E-state index is -0.567. The molecule has 2 aromatic carbocycles. The van der Waals surface area contributed by atoms with E-state index in [9.17, 15) is 4.79 Å². The molecule has 3 rings (SSSR count). The Morgan fingerprint density at radius 1 is 1.07 bits per heavy atom. The number of para-hydroxylation sites is 1. The highest BCUT2D eigenvalue weighted by atomic mass is 35.5. The number of carbonyl (C=O) groups is 1. The minimum Gasteiger partial charge on any atom is -0.497 e. The summed E-state index contributed by atoms with van der Waals surface area (Å²) in [5.41, 5.74) is 1.69. The van der Waals surface area contributed by atoms with Gasteiger partial charge < -0.3 is 14.2 Å². The van der Waals surface area contributed by atoms with Crippen molar-refractivity contribution in [2.45, 2.75) is 19.8 Å². The Kier molecular flexibility index (Phi) is 5.90. The molecule has 1 heterocycles. The number of aromatic nitrogens is 2. The molecule has 0 aliphatic heterocycles. The molecule has 3 aromatic rings. The van der Waals surface area contributed by atoms with Gasteiger partial charge in [-0.05, 0) is 30.2 Å². The Morgan fingerprint density at radius 2 is 1.82 bits per heavy atom. The zero-order valence-corrected chi connectivity index (χ0v) is 16.9. The number of hydrogen-bond donors (Lipinski definition) is 0. The van der Waals surface area contributed by atoms with Crippen LogP contribution in [0.1, 0.15) is 35.8 Å². The monoisotopic (exact) mass is 400 g/mol. The van der Waals surface area contributed by atoms with Crippen LogP contribution in [-0.4, -0.2) is 30.0 Å². The number of nitrogens with zero attached hydrogens (tertiary/aromatic N) is 2. The minimum absolute atomic E-state index is 0.150. The number of methoxy groups -OCH3 is 2. The molecular weight excluding hydrogens is 380 g/mol. The van der Waals surface area contributed by atoms with E-state index >= 15 is 0 Å². The number of rotatable bonds is 6. The number of benzene rings is 2. The average Bonchev–Trinajstić information content (AvgIpc) is 3.11. The largest absolute Gasteiger partial charge is 0.497 e. The van der Waals surface area contributed by atoms with E-state index in [2.05, 4.69) is 5.10 Å². The van der Waals surface area contributed by atoms with Gasteiger partial charge in [-0.25, -0.2) is 4.79 Å². The van der Waals surface area contributed by atoms with Crippen LogP contribution in [0.25, 0.3) is 5.69 Å². The summed E-state index contributed by atoms with van der Waals surface area (Å²) in [5, 5.41) is 5.06. The first-order valence-corrected chi connectivity index (χ1v) is 9.11. The summed E-state index contributed by atoms with van der Waals surface area (Å²) in [6.07, 6.45) is 0. The zero-order chi connectivity index (χ0) is 20.3. The van der Waals surface area contributed by atoms with E-state index in [1.807, 2.05) is 32.0 Å². The summed E-state index contributed by atoms with van der Waals surface area (Å²) in [5.74, 6) is 0.799. The second-order valence-corrected chi connectivity index (χ2v) is 6.79. The molecule has 1 aromatic heterocycles. The molecular formula is C21H21ClN2O4. The van der Waals surface area contributed by atoms with Gasteiger partial charge in [-0.3, -0.25) is 0 Å². The maximum absolute atomic E-state index is 12.8. The Hall–Kier alpha value is -2.99. The van der Waals surface area contributed by atoms with Gasteiger partial charge in [0.15, 0.2) is 0 Å². The van der Waals surface area contributed by atoms with Crippen LogP contribution in [0.4, 0.5) is 0 Å². The lowest BCUT2D eigenvalue weighted by molar-refractivity contribution is 0.0719. The van der Waals surface area contributed by atoms with Crippen LogP contribution in [0.15, 0.2) is 48.5 Å². The van der Waals surface area contributed by atoms with Crippen LogP contribution < -0.4 is 14.2 Å². The fourth-order valence-electron chi connectivity index (χ4n) is 2.65. The van der Waals surface area contributed by atoms with Gasteiger partial charge in [-0.2, -0.15) is 9.78 Å². The smallest absolute Gasteiger partial charge is 0.348 e. The molecule has 6 nitrogen and oxygen atoms in total. The molecule has 28 heavy (non-hydrogen) atoms. The topological polar surface area (TPSA) is 62.6 Å². The van der Waals surface area contributed by atoms with E-state index in [1.54, 1.807) is 37.4 Å². The number of carbonyl (C=O) groups excluding carboxylic acids is 1. The van der Waals surface area contributed by atoms with Crippen LogP contribution in [-0.2, 0) is 0 Å². The van der Waals surface area contributed by atoms with Crippen LogP contribution in [0.5, 0.6) is 17.4 Å². The van der Waals surface area contributed by atoms with Crippen molar-refractivity contribution in [1.82, 2.24) is 9.78 Å². The van der Waals surface area contributed by atoms with Crippen molar-refractivity contribution < 1.29 is 19.0 Å². The van der Waals surface area contributed by atoms with Gasteiger partial charge >= 0.3 is 5.97 Å². The second kappa shape index (κ2) is 8.35. The van der Waals surface area contributed by atoms with Crippen molar-refractivity contribution in [3.8, 4) is 23.1 Å². The molecule has 0 unspecified atom stereocenters. The molecule has 0 bridgehead atoms. The SMILES string of the molecule is COc1ccc(C(=O)Oc2cc(C(C)C)nn2-c2ccccc2Cl)c(OC)c1. The van der Waals surface area contributed by atoms with Crippen LogP contribution in [0, 0.1) is 0 Å². The molecule has 7 heteroatoms. The van der Waals surface area contributed by atoms with Crippen LogP contribution in [0.2, 0.25) is 5.02 Å². The van der Waals surface area contributed by atoms with Crippen LogP contribution >= 0.6 is 11.6 Å². The zero-order valence-electron chi connectivity index (χ0n) is 16.1. The summed E-state index contributed by atoms with van der Waals surface area (Å²) in [4.78, 5) is 12.8. The highest BCUT2D eigenvalue weighted by Gasteiger charge is 2.21. The molecule has 146 valence electrons. The van der Waals surface area contributed by atoms with Gasteiger partial charge in [0, 0.05) is 12.1 Å². The predicted octanol–water partition coefficient (Wildman–Crippen LogP) is 4.89. The number of hydrogen-bond acceptors (Lipinski definition) is 5. The van der Waals surface area contributed by atoms with Crippen molar-refractivity contribution in [1.29, 1.82) is 0 Å². The van der Waals surface area contributed by atoms with Crippen molar-refractivity contribution in [2.24, 2.45) is 0 Å². The number of halogens is 1. The third kappa shape index (κ3) is 3.97. The molecule has 0 fully saturated rings. The Balaban J connectivity index is 2.00. The van der Waals surface area contributed by atoms with Gasteiger partial charge in [0.2, 0.25) is 5.88 Å². The fraction of sp³-hybridized carbons (Fsp3) is 0.238. The lowest BCUT2D eigenvalue weighted by Gasteiger charge is -2.11. The maximum Gasteiger partial charge on any atom is 0.348 e. The van der Waals surface area contributed by atoms with E-state index in [1.165, 1.54) is 11.8 Å². The third-order valence-electron chi connectivity index (χ3n) is 4.19. The van der Waals surface area contributed by atoms with Crippen molar-refractivity contribution >= 4 is 17.6 Å². The number of ether oxygens (including phenoxy) is 3. The summed E-state index contributed by atoms with van der Waals surface area (Å²) >= 11 is 6.32. The van der Waals surface area contributed by atoms with Gasteiger partial charge in [0.05, 0.1) is 30.6 Å². The average molecular weight is 401 g/mol. The van der Waals surface area contributed by atoms with Crippen molar-refractivity contribution in [2.75, 3.05) is 14.2 Å². The normalized spacial score (nSPS) is 10.8. The van der Waals surface area contributed by atoms with Crippen LogP contribution in [0.3, 0.4) is 0 Å². The molecule has 0 spiro atoms. The molecule has 0 radical (unpaired) electrons. The van der Waals surface area contributed by atoms with Gasteiger partial charge in [-0.1, -0.05) is 37.6 Å². The lowest BCUT2D eigenvalue weighted by atomic mass is 10.1. The first-order chi connectivity index (χ1) is 13.4. The first-order valence-electron chi connectivity index (χ1n) is 8.73. The van der Waals surface area contributed by atoms with E-state index in [4.69, 9.17) is 25.8 Å². The summed E-state index contributed by atoms with van der Waals surface area (Å²) in [6, 6.07) is 13.9. The molecule has 0 atom stereocenters. The molecule has 0 N–H and O–H groups in total. The third-order valence-corrected chi connectivity index (χ3v) is 4.51. The first kappa shape index (κ1) is 19.8. The fourth-order valence-corrected chi connectivity index (χ4v) is 2.87. The molecule has 0 aliphatic carbocycles. The molecule has 0 aliphatic rings. The van der Waals surface area contributed by atoms with Crippen molar-refractivity contribution in [3.63, 3.8) is 0 Å². The second-order valence-electron chi connectivity index (χ2n) is 6.38. The predicted molar refractivity (Wildman–Crippen MR) is 107 cm³/mol. The molecule has 0 saturated carbocycles. The van der Waals surface area contributed by atoms with E-state index < -0.39 is 5.97 Å². The van der Waals surface area contributed by atoms with E-state index in [0.717, 1.165) is 5.69 Å². The van der Waals surface area contributed by atoms with E-state index in [-0.39, 0.29) is 17.4 Å². The highest BCUT2D eigenvalue weighted by Crippen LogP contribution is 2.30.